The summed E-state index contributed by atoms with van der Waals surface area (Å²) in [6.45, 7) is 4.24. The van der Waals surface area contributed by atoms with Crippen LogP contribution in [0.3, 0.4) is 0 Å². The Morgan fingerprint density at radius 2 is 2.10 bits per heavy atom. The molecular formula is C16H19BrN2S. The minimum absolute atomic E-state index is 0.118. The molecular weight excluding hydrogens is 332 g/mol. The molecule has 2 aromatic rings. The van der Waals surface area contributed by atoms with Gasteiger partial charge in [-0.25, -0.2) is 4.98 Å². The van der Waals surface area contributed by atoms with Gasteiger partial charge >= 0.3 is 0 Å². The van der Waals surface area contributed by atoms with Gasteiger partial charge in [0, 0.05) is 16.7 Å². The Bertz CT molecular complexity index is 557. The average Bonchev–Trinajstić information content (AvgIpc) is 2.46. The van der Waals surface area contributed by atoms with E-state index in [0.717, 1.165) is 15.9 Å². The fourth-order valence-corrected chi connectivity index (χ4v) is 3.43. The second kappa shape index (κ2) is 7.25. The number of aromatic nitrogens is 1. The predicted octanol–water partition coefficient (Wildman–Crippen LogP) is 4.72. The zero-order valence-electron chi connectivity index (χ0n) is 11.7. The van der Waals surface area contributed by atoms with Crippen LogP contribution in [0.5, 0.6) is 0 Å². The van der Waals surface area contributed by atoms with Crippen LogP contribution >= 0.6 is 27.7 Å². The first-order valence-corrected chi connectivity index (χ1v) is 8.37. The molecule has 0 aliphatic heterocycles. The van der Waals surface area contributed by atoms with E-state index in [2.05, 4.69) is 59.0 Å². The van der Waals surface area contributed by atoms with E-state index in [-0.39, 0.29) is 11.3 Å². The maximum atomic E-state index is 6.32. The smallest absolute Gasteiger partial charge is 0.0967 e. The van der Waals surface area contributed by atoms with Crippen molar-refractivity contribution in [3.05, 3.63) is 58.2 Å². The van der Waals surface area contributed by atoms with Crippen molar-refractivity contribution in [2.24, 2.45) is 5.73 Å². The Hall–Kier alpha value is -0.840. The van der Waals surface area contributed by atoms with Crippen molar-refractivity contribution in [3.8, 4) is 0 Å². The lowest BCUT2D eigenvalue weighted by Gasteiger charge is -2.23. The molecule has 0 saturated carbocycles. The normalized spacial score (nSPS) is 14.0. The van der Waals surface area contributed by atoms with E-state index >= 15 is 0 Å². The molecule has 0 saturated heterocycles. The highest BCUT2D eigenvalue weighted by atomic mass is 79.9. The molecule has 4 heteroatoms. The van der Waals surface area contributed by atoms with Crippen LogP contribution in [0.4, 0.5) is 0 Å². The van der Waals surface area contributed by atoms with Crippen LogP contribution in [0, 0.1) is 6.92 Å². The van der Waals surface area contributed by atoms with Gasteiger partial charge in [-0.15, -0.1) is 0 Å². The van der Waals surface area contributed by atoms with Gasteiger partial charge in [-0.1, -0.05) is 48.5 Å². The minimum Gasteiger partial charge on any atom is -0.326 e. The molecule has 2 N–H and O–H groups in total. The molecule has 0 aliphatic carbocycles. The van der Waals surface area contributed by atoms with E-state index in [1.807, 2.05) is 18.3 Å². The molecule has 0 spiro atoms. The monoisotopic (exact) mass is 350 g/mol. The number of hydrogen-bond donors (Lipinski definition) is 1. The van der Waals surface area contributed by atoms with Gasteiger partial charge < -0.3 is 5.73 Å². The van der Waals surface area contributed by atoms with Crippen LogP contribution in [0.1, 0.15) is 29.7 Å². The van der Waals surface area contributed by atoms with Crippen LogP contribution in [0.25, 0.3) is 0 Å². The van der Waals surface area contributed by atoms with Crippen LogP contribution in [0.15, 0.2) is 52.1 Å². The first-order chi connectivity index (χ1) is 9.60. The molecule has 2 rings (SSSR count). The van der Waals surface area contributed by atoms with Crippen molar-refractivity contribution in [2.75, 3.05) is 0 Å². The summed E-state index contributed by atoms with van der Waals surface area (Å²) in [5, 5.41) is 1.23. The molecule has 1 heterocycles. The lowest BCUT2D eigenvalue weighted by molar-refractivity contribution is 0.633. The van der Waals surface area contributed by atoms with Crippen LogP contribution in [-0.2, 0) is 0 Å². The van der Waals surface area contributed by atoms with Gasteiger partial charge in [0.05, 0.1) is 10.3 Å². The van der Waals surface area contributed by atoms with Gasteiger partial charge in [0.25, 0.3) is 0 Å². The van der Waals surface area contributed by atoms with E-state index < -0.39 is 0 Å². The molecule has 106 valence electrons. The zero-order valence-corrected chi connectivity index (χ0v) is 14.1. The Morgan fingerprint density at radius 3 is 2.70 bits per heavy atom. The molecule has 2 atom stereocenters. The highest BCUT2D eigenvalue weighted by Crippen LogP contribution is 2.37. The van der Waals surface area contributed by atoms with E-state index in [1.165, 1.54) is 11.1 Å². The summed E-state index contributed by atoms with van der Waals surface area (Å²) < 4.78 is 0.994. The lowest BCUT2D eigenvalue weighted by atomic mass is 10.0. The molecule has 2 nitrogen and oxygen atoms in total. The van der Waals surface area contributed by atoms with Gasteiger partial charge in [-0.05, 0) is 47.0 Å². The fraction of sp³-hybridized carbons (Fsp3) is 0.312. The molecule has 0 bridgehead atoms. The third kappa shape index (κ3) is 4.08. The number of aryl methyl sites for hydroxylation is 1. The number of nitrogens with two attached hydrogens (primary N) is 1. The Balaban J connectivity index is 2.26. The summed E-state index contributed by atoms with van der Waals surface area (Å²) in [5.41, 5.74) is 8.86. The van der Waals surface area contributed by atoms with Gasteiger partial charge in [0.1, 0.15) is 0 Å². The topological polar surface area (TPSA) is 38.9 Å². The second-order valence-electron chi connectivity index (χ2n) is 4.84. The van der Waals surface area contributed by atoms with Crippen molar-refractivity contribution in [1.82, 2.24) is 4.98 Å². The van der Waals surface area contributed by atoms with Crippen LogP contribution < -0.4 is 5.73 Å². The van der Waals surface area contributed by atoms with Crippen LogP contribution in [0.2, 0.25) is 0 Å². The highest BCUT2D eigenvalue weighted by Gasteiger charge is 2.20. The van der Waals surface area contributed by atoms with Gasteiger partial charge in [0.2, 0.25) is 0 Å². The average molecular weight is 351 g/mol. The van der Waals surface area contributed by atoms with Crippen molar-refractivity contribution < 1.29 is 0 Å². The Labute approximate surface area is 133 Å². The molecule has 0 aliphatic rings. The van der Waals surface area contributed by atoms with Gasteiger partial charge in [-0.2, -0.15) is 0 Å². The quantitative estimate of drug-likeness (QED) is 0.792. The Kier molecular flexibility index (Phi) is 5.64. The molecule has 1 aromatic carbocycles. The minimum atomic E-state index is 0.118. The van der Waals surface area contributed by atoms with E-state index in [1.54, 1.807) is 11.8 Å². The fourth-order valence-electron chi connectivity index (χ4n) is 2.03. The lowest BCUT2D eigenvalue weighted by Crippen LogP contribution is -2.25. The molecule has 2 unspecified atom stereocenters. The van der Waals surface area contributed by atoms with Crippen LogP contribution in [-0.4, -0.2) is 11.0 Å². The highest BCUT2D eigenvalue weighted by molar-refractivity contribution is 9.10. The van der Waals surface area contributed by atoms with Crippen molar-refractivity contribution in [3.63, 3.8) is 0 Å². The zero-order chi connectivity index (χ0) is 14.5. The summed E-state index contributed by atoms with van der Waals surface area (Å²) in [5.74, 6) is 0. The van der Waals surface area contributed by atoms with Gasteiger partial charge in [0.15, 0.2) is 0 Å². The number of halogens is 1. The maximum absolute atomic E-state index is 6.32. The predicted molar refractivity (Wildman–Crippen MR) is 90.0 cm³/mol. The van der Waals surface area contributed by atoms with E-state index in [4.69, 9.17) is 5.73 Å². The first-order valence-electron chi connectivity index (χ1n) is 6.70. The number of thioether (sulfide) groups is 1. The number of nitrogens with zero attached hydrogens (tertiary/aromatic N) is 1. The maximum Gasteiger partial charge on any atom is 0.0967 e. The molecule has 0 fully saturated rings. The van der Waals surface area contributed by atoms with E-state index in [9.17, 15) is 0 Å². The molecule has 1 aromatic heterocycles. The molecule has 0 radical (unpaired) electrons. The number of hydrogen-bond acceptors (Lipinski definition) is 3. The van der Waals surface area contributed by atoms with Crippen molar-refractivity contribution in [1.29, 1.82) is 0 Å². The van der Waals surface area contributed by atoms with Crippen molar-refractivity contribution >= 4 is 27.7 Å². The number of rotatable bonds is 5. The number of benzene rings is 1. The standard InChI is InChI=1S/C16H19BrN2S/c1-3-14(18)16(12-6-4-5-11(2)9-12)20-15-8-7-13(17)10-19-15/h4-10,14,16H,3,18H2,1-2H3. The van der Waals surface area contributed by atoms with Gasteiger partial charge in [-0.3, -0.25) is 0 Å². The van der Waals surface area contributed by atoms with Crippen molar-refractivity contribution in [2.45, 2.75) is 36.6 Å². The summed E-state index contributed by atoms with van der Waals surface area (Å²) in [6, 6.07) is 12.7. The first kappa shape index (κ1) is 15.5. The molecule has 20 heavy (non-hydrogen) atoms. The number of pyridine rings is 1. The SMILES string of the molecule is CCC(N)C(Sc1ccc(Br)cn1)c1cccc(C)c1. The second-order valence-corrected chi connectivity index (χ2v) is 6.92. The third-order valence-electron chi connectivity index (χ3n) is 3.18. The summed E-state index contributed by atoms with van der Waals surface area (Å²) in [6.07, 6.45) is 2.77. The molecule has 0 amide bonds. The Morgan fingerprint density at radius 1 is 1.30 bits per heavy atom. The summed E-state index contributed by atoms with van der Waals surface area (Å²) >= 11 is 5.15. The van der Waals surface area contributed by atoms with E-state index in [0.29, 0.717) is 0 Å². The largest absolute Gasteiger partial charge is 0.326 e. The summed E-state index contributed by atoms with van der Waals surface area (Å²) in [4.78, 5) is 4.44. The summed E-state index contributed by atoms with van der Waals surface area (Å²) in [7, 11) is 0. The third-order valence-corrected chi connectivity index (χ3v) is 5.01.